The second-order valence-electron chi connectivity index (χ2n) is 5.46. The molecular formula is C16H12Cl5NO2. The summed E-state index contributed by atoms with van der Waals surface area (Å²) < 4.78 is -2.08. The Hall–Kier alpha value is -0.580. The van der Waals surface area contributed by atoms with Crippen LogP contribution in [-0.2, 0) is 4.79 Å². The SMILES string of the molecule is Cc1ccc(C(=O)N=C2C(CCl)=C(Cl)C(=O)C(Cl)(Cl)C2(C)Cl)cc1. The summed E-state index contributed by atoms with van der Waals surface area (Å²) in [5.74, 6) is -1.51. The van der Waals surface area contributed by atoms with Crippen LogP contribution in [0.5, 0.6) is 0 Å². The van der Waals surface area contributed by atoms with Gasteiger partial charge >= 0.3 is 0 Å². The number of allylic oxidation sites excluding steroid dienone is 2. The minimum atomic E-state index is -2.08. The van der Waals surface area contributed by atoms with E-state index in [9.17, 15) is 9.59 Å². The monoisotopic (exact) mass is 425 g/mol. The maximum atomic E-state index is 12.4. The molecule has 0 aliphatic heterocycles. The van der Waals surface area contributed by atoms with Crippen LogP contribution in [-0.4, -0.2) is 32.5 Å². The van der Waals surface area contributed by atoms with Gasteiger partial charge in [0.2, 0.25) is 10.1 Å². The zero-order valence-corrected chi connectivity index (χ0v) is 16.4. The Morgan fingerprint density at radius 2 is 1.71 bits per heavy atom. The third-order valence-corrected chi connectivity index (χ3v) is 6.14. The van der Waals surface area contributed by atoms with Crippen molar-refractivity contribution >= 4 is 75.4 Å². The van der Waals surface area contributed by atoms with Crippen LogP contribution in [0.15, 0.2) is 39.9 Å². The lowest BCUT2D eigenvalue weighted by Gasteiger charge is -2.39. The number of nitrogens with zero attached hydrogens (tertiary/aromatic N) is 1. The van der Waals surface area contributed by atoms with Crippen molar-refractivity contribution in [1.29, 1.82) is 0 Å². The zero-order chi connectivity index (χ0) is 18.3. The molecule has 1 amide bonds. The van der Waals surface area contributed by atoms with E-state index in [4.69, 9.17) is 58.0 Å². The van der Waals surface area contributed by atoms with Gasteiger partial charge in [-0.2, -0.15) is 0 Å². The van der Waals surface area contributed by atoms with E-state index in [1.165, 1.54) is 6.92 Å². The number of carbonyl (C=O) groups is 2. The van der Waals surface area contributed by atoms with Crippen LogP contribution in [0, 0.1) is 6.92 Å². The first-order valence-corrected chi connectivity index (χ1v) is 8.85. The van der Waals surface area contributed by atoms with Crippen LogP contribution < -0.4 is 0 Å². The van der Waals surface area contributed by atoms with Gasteiger partial charge in [-0.1, -0.05) is 52.5 Å². The molecule has 8 heteroatoms. The minimum Gasteiger partial charge on any atom is -0.290 e. The van der Waals surface area contributed by atoms with Gasteiger partial charge in [0.05, 0.1) is 16.6 Å². The van der Waals surface area contributed by atoms with Gasteiger partial charge in [-0.15, -0.1) is 23.2 Å². The van der Waals surface area contributed by atoms with Gasteiger partial charge in [-0.3, -0.25) is 9.59 Å². The molecule has 1 aromatic rings. The fourth-order valence-electron chi connectivity index (χ4n) is 2.18. The summed E-state index contributed by atoms with van der Waals surface area (Å²) in [6.45, 7) is 3.29. The maximum Gasteiger partial charge on any atom is 0.277 e. The lowest BCUT2D eigenvalue weighted by atomic mass is 9.85. The molecule has 0 N–H and O–H groups in total. The Labute approximate surface area is 164 Å². The number of alkyl halides is 4. The van der Waals surface area contributed by atoms with Gasteiger partial charge < -0.3 is 0 Å². The van der Waals surface area contributed by atoms with Crippen molar-refractivity contribution in [2.45, 2.75) is 23.1 Å². The number of halogens is 5. The lowest BCUT2D eigenvalue weighted by molar-refractivity contribution is -0.116. The zero-order valence-electron chi connectivity index (χ0n) is 12.7. The van der Waals surface area contributed by atoms with Crippen LogP contribution in [0.1, 0.15) is 22.8 Å². The second kappa shape index (κ2) is 6.97. The van der Waals surface area contributed by atoms with Gasteiger partial charge in [0.1, 0.15) is 4.87 Å². The third-order valence-electron chi connectivity index (χ3n) is 3.72. The van der Waals surface area contributed by atoms with Crippen LogP contribution in [0.3, 0.4) is 0 Å². The number of benzene rings is 1. The molecule has 0 bridgehead atoms. The summed E-state index contributed by atoms with van der Waals surface area (Å²) in [4.78, 5) is 27.0. The number of amides is 1. The largest absolute Gasteiger partial charge is 0.290 e. The molecule has 1 aliphatic carbocycles. The van der Waals surface area contributed by atoms with E-state index in [0.717, 1.165) is 5.56 Å². The predicted octanol–water partition coefficient (Wildman–Crippen LogP) is 5.06. The summed E-state index contributed by atoms with van der Waals surface area (Å²) in [5.41, 5.74) is 1.46. The van der Waals surface area contributed by atoms with Crippen molar-refractivity contribution in [1.82, 2.24) is 0 Å². The minimum absolute atomic E-state index is 0.0145. The number of hydrogen-bond acceptors (Lipinski definition) is 2. The summed E-state index contributed by atoms with van der Waals surface area (Å²) >= 11 is 30.5. The predicted molar refractivity (Wildman–Crippen MR) is 100 cm³/mol. The fraction of sp³-hybridized carbons (Fsp3) is 0.312. The Morgan fingerprint density at radius 3 is 2.21 bits per heavy atom. The molecule has 1 aromatic carbocycles. The molecule has 24 heavy (non-hydrogen) atoms. The summed E-state index contributed by atoms with van der Waals surface area (Å²) in [6, 6.07) is 6.80. The number of hydrogen-bond donors (Lipinski definition) is 0. The molecule has 0 saturated carbocycles. The van der Waals surface area contributed by atoms with E-state index >= 15 is 0 Å². The molecule has 0 fully saturated rings. The quantitative estimate of drug-likeness (QED) is 0.619. The van der Waals surface area contributed by atoms with Gasteiger partial charge in [-0.25, -0.2) is 4.99 Å². The second-order valence-corrected chi connectivity index (χ2v) is 8.19. The lowest BCUT2D eigenvalue weighted by Crippen LogP contribution is -2.55. The average molecular weight is 428 g/mol. The molecule has 1 atom stereocenters. The van der Waals surface area contributed by atoms with E-state index in [0.29, 0.717) is 5.56 Å². The first-order valence-electron chi connectivity index (χ1n) is 6.80. The van der Waals surface area contributed by atoms with Crippen molar-refractivity contribution in [2.75, 3.05) is 5.88 Å². The number of aryl methyl sites for hydroxylation is 1. The van der Waals surface area contributed by atoms with E-state index in [2.05, 4.69) is 4.99 Å². The van der Waals surface area contributed by atoms with Crippen molar-refractivity contribution in [3.8, 4) is 0 Å². The van der Waals surface area contributed by atoms with Crippen LogP contribution in [0.25, 0.3) is 0 Å². The van der Waals surface area contributed by atoms with Crippen molar-refractivity contribution in [3.05, 3.63) is 46.0 Å². The molecule has 0 spiro atoms. The van der Waals surface area contributed by atoms with E-state index in [-0.39, 0.29) is 22.2 Å². The highest BCUT2D eigenvalue weighted by molar-refractivity contribution is 6.72. The Balaban J connectivity index is 2.62. The highest BCUT2D eigenvalue weighted by Gasteiger charge is 2.59. The number of carbonyl (C=O) groups excluding carboxylic acids is 2. The molecule has 3 nitrogen and oxygen atoms in total. The highest BCUT2D eigenvalue weighted by Crippen LogP contribution is 2.48. The topological polar surface area (TPSA) is 46.5 Å². The number of Topliss-reactive ketones (excluding diaryl/α,β-unsaturated/α-hetero) is 1. The summed E-state index contributed by atoms with van der Waals surface area (Å²) in [7, 11) is 0. The maximum absolute atomic E-state index is 12.4. The Morgan fingerprint density at radius 1 is 1.17 bits per heavy atom. The smallest absolute Gasteiger partial charge is 0.277 e. The standard InChI is InChI=1S/C16H12Cl5NO2/c1-8-3-5-9(6-4-8)14(24)22-12-10(7-17)11(18)13(23)16(20,21)15(12,2)19/h3-6H,7H2,1-2H3. The van der Waals surface area contributed by atoms with Gasteiger partial charge in [0.25, 0.3) is 5.91 Å². The van der Waals surface area contributed by atoms with Crippen molar-refractivity contribution in [3.63, 3.8) is 0 Å². The first-order chi connectivity index (χ1) is 11.0. The summed E-state index contributed by atoms with van der Waals surface area (Å²) in [6.07, 6.45) is 0. The van der Waals surface area contributed by atoms with E-state index in [1.54, 1.807) is 24.3 Å². The molecule has 1 aliphatic rings. The molecule has 0 saturated heterocycles. The van der Waals surface area contributed by atoms with E-state index in [1.807, 2.05) is 6.92 Å². The number of rotatable bonds is 2. The molecule has 0 radical (unpaired) electrons. The number of aliphatic imine (C=N–C) groups is 1. The first kappa shape index (κ1) is 19.7. The Kier molecular flexibility index (Phi) is 5.73. The van der Waals surface area contributed by atoms with Gasteiger partial charge in [0, 0.05) is 11.1 Å². The van der Waals surface area contributed by atoms with Crippen LogP contribution in [0.2, 0.25) is 0 Å². The average Bonchev–Trinajstić information content (AvgIpc) is 2.52. The molecule has 1 unspecified atom stereocenters. The molecule has 0 heterocycles. The van der Waals surface area contributed by atoms with Crippen molar-refractivity contribution in [2.24, 2.45) is 4.99 Å². The molecular weight excluding hydrogens is 415 g/mol. The van der Waals surface area contributed by atoms with Gasteiger partial charge in [0.15, 0.2) is 0 Å². The van der Waals surface area contributed by atoms with E-state index < -0.39 is 20.9 Å². The summed E-state index contributed by atoms with van der Waals surface area (Å²) in [5, 5.41) is -0.274. The van der Waals surface area contributed by atoms with Gasteiger partial charge in [-0.05, 0) is 26.0 Å². The third kappa shape index (κ3) is 3.25. The highest BCUT2D eigenvalue weighted by atomic mass is 35.5. The molecule has 2 rings (SSSR count). The van der Waals surface area contributed by atoms with Crippen molar-refractivity contribution < 1.29 is 9.59 Å². The van der Waals surface area contributed by atoms with Crippen LogP contribution >= 0.6 is 58.0 Å². The number of ketones is 1. The van der Waals surface area contributed by atoms with Crippen LogP contribution in [0.4, 0.5) is 0 Å². The normalized spacial score (nSPS) is 25.3. The molecule has 0 aromatic heterocycles. The fourth-order valence-corrected chi connectivity index (χ4v) is 3.51. The Bertz CT molecular complexity index is 763. The molecule has 128 valence electrons.